The number of hydrogen-bond donors (Lipinski definition) is 3. The lowest BCUT2D eigenvalue weighted by atomic mass is 9.55. The Balaban J connectivity index is 1.58. The number of allylic oxidation sites excluding steroid dienone is 1. The monoisotopic (exact) mass is 784 g/mol. The van der Waals surface area contributed by atoms with Crippen LogP contribution in [0.15, 0.2) is 71.9 Å². The third kappa shape index (κ3) is 9.31. The second-order valence-electron chi connectivity index (χ2n) is 14.8. The Labute approximate surface area is 327 Å². The summed E-state index contributed by atoms with van der Waals surface area (Å²) >= 11 is 6.02. The van der Waals surface area contributed by atoms with Crippen LogP contribution in [0, 0.1) is 23.6 Å². The molecule has 1 saturated carbocycles. The molecule has 2 heterocycles. The third-order valence-electron chi connectivity index (χ3n) is 11.3. The fraction of sp³-hybridized carbons (Fsp3) is 0.571. The zero-order valence-corrected chi connectivity index (χ0v) is 32.1. The van der Waals surface area contributed by atoms with E-state index in [0.29, 0.717) is 42.9 Å². The van der Waals surface area contributed by atoms with Gasteiger partial charge in [0, 0.05) is 44.1 Å². The SMILES string of the molecule is C=CCOC12Oc3ccc(O)cc3C3C(CCCCO)C(CCCCO)C=C(C(=NOC4CCCCO4)CC1N(Cc1ccc(F)cc1)C(=O)OCCCl)C32. The van der Waals surface area contributed by atoms with Gasteiger partial charge in [0.05, 0.1) is 30.7 Å². The first-order valence-electron chi connectivity index (χ1n) is 19.6. The van der Waals surface area contributed by atoms with E-state index in [9.17, 15) is 24.5 Å². The molecule has 2 aliphatic carbocycles. The largest absolute Gasteiger partial charge is 0.508 e. The van der Waals surface area contributed by atoms with Crippen molar-refractivity contribution in [2.45, 2.75) is 94.8 Å². The van der Waals surface area contributed by atoms with Gasteiger partial charge >= 0.3 is 6.09 Å². The van der Waals surface area contributed by atoms with E-state index >= 15 is 0 Å². The summed E-state index contributed by atoms with van der Waals surface area (Å²) in [6.07, 6.45) is 9.78. The molecule has 0 radical (unpaired) electrons. The topological polar surface area (TPSA) is 140 Å². The Bertz CT molecular complexity index is 1650. The Kier molecular flexibility index (Phi) is 14.5. The highest BCUT2D eigenvalue weighted by atomic mass is 35.5. The Morgan fingerprint density at radius 1 is 1.09 bits per heavy atom. The van der Waals surface area contributed by atoms with Crippen LogP contribution < -0.4 is 4.74 Å². The summed E-state index contributed by atoms with van der Waals surface area (Å²) in [5.41, 5.74) is 2.93. The lowest BCUT2D eigenvalue weighted by Gasteiger charge is -2.59. The van der Waals surface area contributed by atoms with Gasteiger partial charge in [0.2, 0.25) is 12.1 Å². The van der Waals surface area contributed by atoms with Crippen molar-refractivity contribution in [2.75, 3.05) is 38.9 Å². The van der Waals surface area contributed by atoms with Gasteiger partial charge in [-0.05, 0) is 91.8 Å². The molecule has 1 amide bonds. The molecule has 0 bridgehead atoms. The number of aliphatic hydroxyl groups excluding tert-OH is 2. The number of halogens is 2. The highest BCUT2D eigenvalue weighted by Gasteiger charge is 2.65. The number of phenols is 1. The number of oxime groups is 1. The summed E-state index contributed by atoms with van der Waals surface area (Å²) in [6.45, 7) is 4.73. The van der Waals surface area contributed by atoms with Crippen molar-refractivity contribution in [2.24, 2.45) is 22.9 Å². The minimum absolute atomic E-state index is 0.00788. The van der Waals surface area contributed by atoms with Crippen LogP contribution in [0.25, 0.3) is 0 Å². The summed E-state index contributed by atoms with van der Waals surface area (Å²) in [5.74, 6) is -2.10. The normalized spacial score (nSPS) is 27.6. The second kappa shape index (κ2) is 19.5. The number of unbranched alkanes of at least 4 members (excludes halogenated alkanes) is 2. The quantitative estimate of drug-likeness (QED) is 0.0605. The molecule has 11 nitrogen and oxygen atoms in total. The molecule has 0 aromatic heterocycles. The lowest BCUT2D eigenvalue weighted by molar-refractivity contribution is -0.256. The molecule has 55 heavy (non-hydrogen) atoms. The van der Waals surface area contributed by atoms with E-state index < -0.39 is 35.9 Å². The van der Waals surface area contributed by atoms with Gasteiger partial charge in [-0.3, -0.25) is 4.90 Å². The fourth-order valence-corrected chi connectivity index (χ4v) is 8.95. The van der Waals surface area contributed by atoms with E-state index in [1.54, 1.807) is 41.3 Å². The molecule has 0 spiro atoms. The van der Waals surface area contributed by atoms with Gasteiger partial charge in [0.15, 0.2) is 0 Å². The maximum absolute atomic E-state index is 14.3. The van der Waals surface area contributed by atoms with Crippen molar-refractivity contribution in [3.05, 3.63) is 83.7 Å². The molecule has 1 saturated heterocycles. The van der Waals surface area contributed by atoms with E-state index in [2.05, 4.69) is 12.7 Å². The number of alkyl halides is 1. The van der Waals surface area contributed by atoms with Gasteiger partial charge < -0.3 is 39.1 Å². The molecule has 2 fully saturated rings. The van der Waals surface area contributed by atoms with Crippen molar-refractivity contribution in [1.29, 1.82) is 0 Å². The van der Waals surface area contributed by atoms with Crippen molar-refractivity contribution in [3.8, 4) is 11.5 Å². The van der Waals surface area contributed by atoms with Gasteiger partial charge in [0.1, 0.15) is 30.0 Å². The van der Waals surface area contributed by atoms with Crippen molar-refractivity contribution in [3.63, 3.8) is 0 Å². The number of carbonyl (C=O) groups is 1. The zero-order chi connectivity index (χ0) is 38.8. The van der Waals surface area contributed by atoms with Crippen molar-refractivity contribution in [1.82, 2.24) is 4.90 Å². The van der Waals surface area contributed by atoms with E-state index in [-0.39, 0.29) is 68.8 Å². The summed E-state index contributed by atoms with van der Waals surface area (Å²) in [7, 11) is 0. The van der Waals surface area contributed by atoms with Crippen LogP contribution in [-0.2, 0) is 25.6 Å². The molecular formula is C42H54ClFN2O9. The Morgan fingerprint density at radius 2 is 1.87 bits per heavy atom. The minimum atomic E-state index is -1.53. The predicted molar refractivity (Wildman–Crippen MR) is 205 cm³/mol. The standard InChI is InChI=1S/C42H54ClFN2O9/c1-2-21-53-42-37(46(41(50)52-23-18-43)27-28-12-14-30(44)15-13-28)26-35(45-55-38-11-5-8-22-51-38)33-24-29(9-3-6-19-47)32(10-4-7-20-48)39(40(33)42)34-25-31(49)16-17-36(34)54-42/h2,12-17,24-25,29,32,37-40,47-49H,1,3-11,18-23,26-27H2. The molecule has 3 N–H and O–H groups in total. The number of benzene rings is 2. The molecule has 7 unspecified atom stereocenters. The maximum atomic E-state index is 14.3. The van der Waals surface area contributed by atoms with Crippen LogP contribution >= 0.6 is 11.6 Å². The lowest BCUT2D eigenvalue weighted by Crippen LogP contribution is -2.70. The number of aromatic hydroxyl groups is 1. The van der Waals surface area contributed by atoms with Crippen LogP contribution in [0.5, 0.6) is 11.5 Å². The molecule has 7 atom stereocenters. The molecule has 6 rings (SSSR count). The zero-order valence-electron chi connectivity index (χ0n) is 31.3. The minimum Gasteiger partial charge on any atom is -0.508 e. The van der Waals surface area contributed by atoms with Crippen molar-refractivity contribution < 1.29 is 48.3 Å². The van der Waals surface area contributed by atoms with Gasteiger partial charge in [0.25, 0.3) is 0 Å². The van der Waals surface area contributed by atoms with Crippen LogP contribution in [-0.4, -0.2) is 89.1 Å². The summed E-state index contributed by atoms with van der Waals surface area (Å²) < 4.78 is 39.8. The summed E-state index contributed by atoms with van der Waals surface area (Å²) in [4.78, 5) is 22.0. The molecule has 2 aliphatic heterocycles. The first-order valence-corrected chi connectivity index (χ1v) is 20.2. The average Bonchev–Trinajstić information content (AvgIpc) is 3.20. The van der Waals surface area contributed by atoms with Gasteiger partial charge in [-0.2, -0.15) is 0 Å². The average molecular weight is 785 g/mol. The van der Waals surface area contributed by atoms with E-state index in [0.717, 1.165) is 49.7 Å². The summed E-state index contributed by atoms with van der Waals surface area (Å²) in [6, 6.07) is 10.1. The highest BCUT2D eigenvalue weighted by molar-refractivity contribution is 6.18. The van der Waals surface area contributed by atoms with Gasteiger partial charge in [-0.1, -0.05) is 42.3 Å². The van der Waals surface area contributed by atoms with Crippen LogP contribution in [0.1, 0.15) is 81.3 Å². The number of amides is 1. The number of phenolic OH excluding ortho intramolecular Hbond substituents is 1. The number of hydrogen-bond acceptors (Lipinski definition) is 10. The highest BCUT2D eigenvalue weighted by Crippen LogP contribution is 2.62. The van der Waals surface area contributed by atoms with Crippen molar-refractivity contribution >= 4 is 23.4 Å². The molecule has 13 heteroatoms. The van der Waals surface area contributed by atoms with Crippen LogP contribution in [0.2, 0.25) is 0 Å². The molecule has 300 valence electrons. The molecular weight excluding hydrogens is 731 g/mol. The molecule has 4 aliphatic rings. The Morgan fingerprint density at radius 3 is 2.58 bits per heavy atom. The molecule has 2 aromatic carbocycles. The predicted octanol–water partition coefficient (Wildman–Crippen LogP) is 7.57. The van der Waals surface area contributed by atoms with Gasteiger partial charge in [-0.25, -0.2) is 9.18 Å². The number of aliphatic hydroxyl groups is 2. The van der Waals surface area contributed by atoms with E-state index in [1.165, 1.54) is 12.1 Å². The number of rotatable bonds is 18. The number of carbonyl (C=O) groups excluding carboxylic acids is 1. The van der Waals surface area contributed by atoms with Crippen LogP contribution in [0.4, 0.5) is 9.18 Å². The number of ether oxygens (including phenoxy) is 4. The number of nitrogens with zero attached hydrogens (tertiary/aromatic N) is 2. The smallest absolute Gasteiger partial charge is 0.410 e. The molecule has 2 aromatic rings. The first kappa shape index (κ1) is 41.0. The fourth-order valence-electron chi connectivity index (χ4n) is 8.87. The maximum Gasteiger partial charge on any atom is 0.410 e. The van der Waals surface area contributed by atoms with Gasteiger partial charge in [-0.15, -0.1) is 18.2 Å². The third-order valence-corrected chi connectivity index (χ3v) is 11.4. The summed E-state index contributed by atoms with van der Waals surface area (Å²) in [5, 5.41) is 35.4. The number of fused-ring (bicyclic) bond motifs is 2. The first-order chi connectivity index (χ1) is 26.8. The second-order valence-corrected chi connectivity index (χ2v) is 15.1. The van der Waals surface area contributed by atoms with E-state index in [1.807, 2.05) is 0 Å². The Hall–Kier alpha value is -3.68. The van der Waals surface area contributed by atoms with Crippen LogP contribution in [0.3, 0.4) is 0 Å². The van der Waals surface area contributed by atoms with E-state index in [4.69, 9.17) is 40.5 Å².